The fraction of sp³-hybridized carbons (Fsp3) is 0.429. The quantitative estimate of drug-likeness (QED) is 0.431. The van der Waals surface area contributed by atoms with Crippen molar-refractivity contribution in [1.82, 2.24) is 0 Å². The van der Waals surface area contributed by atoms with E-state index in [1.54, 1.807) is 0 Å². The molecule has 2 aromatic rings. The van der Waals surface area contributed by atoms with Crippen LogP contribution in [0.15, 0.2) is 42.5 Å². The van der Waals surface area contributed by atoms with Crippen molar-refractivity contribution in [3.8, 4) is 5.75 Å². The van der Waals surface area contributed by atoms with Crippen molar-refractivity contribution in [2.24, 2.45) is 5.73 Å². The Balaban J connectivity index is 1.95. The Kier molecular flexibility index (Phi) is 8.14. The van der Waals surface area contributed by atoms with Crippen LogP contribution in [-0.4, -0.2) is 24.4 Å². The maximum atomic E-state index is 13.4. The van der Waals surface area contributed by atoms with Gasteiger partial charge in [-0.2, -0.15) is 26.3 Å². The van der Waals surface area contributed by atoms with Crippen LogP contribution in [0.25, 0.3) is 0 Å². The van der Waals surface area contributed by atoms with Crippen LogP contribution in [0.2, 0.25) is 0 Å². The minimum absolute atomic E-state index is 0.0150. The molecule has 30 heavy (non-hydrogen) atoms. The summed E-state index contributed by atoms with van der Waals surface area (Å²) in [6.45, 7) is -0.259. The van der Waals surface area contributed by atoms with E-state index in [4.69, 9.17) is 15.6 Å². The molecule has 0 saturated carbocycles. The molecule has 0 aliphatic heterocycles. The normalized spacial score (nSPS) is 13.3. The Morgan fingerprint density at radius 2 is 1.50 bits per heavy atom. The highest BCUT2D eigenvalue weighted by molar-refractivity contribution is 5.39. The van der Waals surface area contributed by atoms with E-state index in [2.05, 4.69) is 0 Å². The molecule has 3 nitrogen and oxygen atoms in total. The van der Waals surface area contributed by atoms with E-state index in [0.717, 1.165) is 18.2 Å². The van der Waals surface area contributed by atoms with Gasteiger partial charge in [0.25, 0.3) is 0 Å². The molecule has 0 spiro atoms. The molecule has 0 aliphatic rings. The lowest BCUT2D eigenvalue weighted by molar-refractivity contribution is -0.139. The molecule has 0 aliphatic carbocycles. The monoisotopic (exact) mass is 435 g/mol. The number of alkyl halides is 6. The lowest BCUT2D eigenvalue weighted by Crippen LogP contribution is -2.24. The lowest BCUT2D eigenvalue weighted by Gasteiger charge is -2.16. The molecule has 1 atom stereocenters. The number of aryl methyl sites for hydroxylation is 2. The summed E-state index contributed by atoms with van der Waals surface area (Å²) < 4.78 is 83.1. The summed E-state index contributed by atoms with van der Waals surface area (Å²) in [6, 6.07) is 7.91. The molecule has 0 amide bonds. The molecule has 3 N–H and O–H groups in total. The summed E-state index contributed by atoms with van der Waals surface area (Å²) in [7, 11) is 0. The molecule has 2 rings (SSSR count). The fourth-order valence-corrected chi connectivity index (χ4v) is 2.84. The number of aliphatic hydroxyl groups excluding tert-OH is 1. The van der Waals surface area contributed by atoms with Gasteiger partial charge in [0.2, 0.25) is 0 Å². The average molecular weight is 435 g/mol. The lowest BCUT2D eigenvalue weighted by atomic mass is 10.0. The summed E-state index contributed by atoms with van der Waals surface area (Å²) in [5, 5.41) is 8.92. The zero-order valence-electron chi connectivity index (χ0n) is 16.1. The Bertz CT molecular complexity index is 803. The van der Waals surface area contributed by atoms with E-state index in [-0.39, 0.29) is 19.0 Å². The summed E-state index contributed by atoms with van der Waals surface area (Å²) in [6.07, 6.45) is -7.66. The number of aliphatic hydroxyl groups is 1. The van der Waals surface area contributed by atoms with E-state index in [1.807, 2.05) is 0 Å². The standard InChI is InChI=1S/C21H23F6NO2/c22-20(23,24)16-7-3-14(4-8-16)2-1-11-30-19-10-6-15(5-9-17(28)13-29)12-18(19)21(25,26)27/h3-4,6-8,10,12,17,29H,1-2,5,9,11,13,28H2. The van der Waals surface area contributed by atoms with Gasteiger partial charge in [-0.1, -0.05) is 18.2 Å². The number of benzene rings is 2. The van der Waals surface area contributed by atoms with Gasteiger partial charge in [-0.25, -0.2) is 0 Å². The van der Waals surface area contributed by atoms with Crippen LogP contribution in [0.4, 0.5) is 26.3 Å². The second-order valence-electron chi connectivity index (χ2n) is 6.96. The third-order valence-electron chi connectivity index (χ3n) is 4.54. The third kappa shape index (κ3) is 7.21. The van der Waals surface area contributed by atoms with Gasteiger partial charge in [-0.05, 0) is 61.1 Å². The number of rotatable bonds is 9. The van der Waals surface area contributed by atoms with Crippen molar-refractivity contribution in [2.75, 3.05) is 13.2 Å². The summed E-state index contributed by atoms with van der Waals surface area (Å²) in [5.41, 5.74) is 5.00. The summed E-state index contributed by atoms with van der Waals surface area (Å²) in [4.78, 5) is 0. The number of halogens is 6. The molecule has 2 aromatic carbocycles. The van der Waals surface area contributed by atoms with Crippen molar-refractivity contribution >= 4 is 0 Å². The van der Waals surface area contributed by atoms with Crippen molar-refractivity contribution in [2.45, 2.75) is 44.1 Å². The molecule has 0 heterocycles. The molecule has 0 bridgehead atoms. The highest BCUT2D eigenvalue weighted by Crippen LogP contribution is 2.37. The molecule has 0 fully saturated rings. The summed E-state index contributed by atoms with van der Waals surface area (Å²) in [5.74, 6) is -0.301. The minimum atomic E-state index is -4.60. The van der Waals surface area contributed by atoms with Crippen molar-refractivity contribution < 1.29 is 36.2 Å². The van der Waals surface area contributed by atoms with Crippen LogP contribution in [0.1, 0.15) is 35.1 Å². The van der Waals surface area contributed by atoms with E-state index in [9.17, 15) is 26.3 Å². The first-order valence-electron chi connectivity index (χ1n) is 9.36. The zero-order valence-corrected chi connectivity index (χ0v) is 16.1. The van der Waals surface area contributed by atoms with Gasteiger partial charge in [0.05, 0.1) is 24.3 Å². The van der Waals surface area contributed by atoms with Gasteiger partial charge in [-0.3, -0.25) is 0 Å². The van der Waals surface area contributed by atoms with Gasteiger partial charge in [0.15, 0.2) is 0 Å². The van der Waals surface area contributed by atoms with Crippen LogP contribution in [0.5, 0.6) is 5.75 Å². The minimum Gasteiger partial charge on any atom is -0.493 e. The average Bonchev–Trinajstić information content (AvgIpc) is 2.68. The van der Waals surface area contributed by atoms with Crippen LogP contribution in [0.3, 0.4) is 0 Å². The van der Waals surface area contributed by atoms with Crippen LogP contribution < -0.4 is 10.5 Å². The molecule has 0 saturated heterocycles. The van der Waals surface area contributed by atoms with E-state index in [0.29, 0.717) is 36.8 Å². The van der Waals surface area contributed by atoms with Gasteiger partial charge in [0.1, 0.15) is 5.75 Å². The van der Waals surface area contributed by atoms with E-state index >= 15 is 0 Å². The SMILES string of the molecule is NC(CO)CCc1ccc(OCCCc2ccc(C(F)(F)F)cc2)c(C(F)(F)F)c1. The first kappa shape index (κ1) is 24.0. The van der Waals surface area contributed by atoms with Gasteiger partial charge < -0.3 is 15.6 Å². The Morgan fingerprint density at radius 1 is 0.867 bits per heavy atom. The predicted octanol–water partition coefficient (Wildman–Crippen LogP) is 4.99. The molecular formula is C21H23F6NO2. The molecular weight excluding hydrogens is 412 g/mol. The largest absolute Gasteiger partial charge is 0.493 e. The Morgan fingerprint density at radius 3 is 2.07 bits per heavy atom. The van der Waals surface area contributed by atoms with Crippen molar-refractivity contribution in [3.05, 3.63) is 64.7 Å². The van der Waals surface area contributed by atoms with Crippen LogP contribution in [-0.2, 0) is 25.2 Å². The number of hydrogen-bond acceptors (Lipinski definition) is 3. The zero-order chi connectivity index (χ0) is 22.4. The highest BCUT2D eigenvalue weighted by Gasteiger charge is 2.34. The number of ether oxygens (including phenoxy) is 1. The third-order valence-corrected chi connectivity index (χ3v) is 4.54. The van der Waals surface area contributed by atoms with Crippen LogP contribution >= 0.6 is 0 Å². The molecule has 166 valence electrons. The second-order valence-corrected chi connectivity index (χ2v) is 6.96. The maximum absolute atomic E-state index is 13.4. The predicted molar refractivity (Wildman–Crippen MR) is 100 cm³/mol. The number of hydrogen-bond donors (Lipinski definition) is 2. The van der Waals surface area contributed by atoms with Crippen molar-refractivity contribution in [1.29, 1.82) is 0 Å². The molecule has 0 aromatic heterocycles. The Labute approximate surface area is 170 Å². The second kappa shape index (κ2) is 10.2. The highest BCUT2D eigenvalue weighted by atomic mass is 19.4. The smallest absolute Gasteiger partial charge is 0.419 e. The van der Waals surface area contributed by atoms with Gasteiger partial charge in [-0.15, -0.1) is 0 Å². The first-order chi connectivity index (χ1) is 14.0. The van der Waals surface area contributed by atoms with E-state index in [1.165, 1.54) is 24.3 Å². The maximum Gasteiger partial charge on any atom is 0.419 e. The molecule has 9 heteroatoms. The van der Waals surface area contributed by atoms with Gasteiger partial charge in [0, 0.05) is 6.04 Å². The number of nitrogens with two attached hydrogens (primary N) is 1. The van der Waals surface area contributed by atoms with E-state index < -0.39 is 29.5 Å². The van der Waals surface area contributed by atoms with Crippen LogP contribution in [0, 0.1) is 0 Å². The molecule has 0 radical (unpaired) electrons. The Hall–Kier alpha value is -2.26. The molecule has 1 unspecified atom stereocenters. The summed E-state index contributed by atoms with van der Waals surface area (Å²) >= 11 is 0. The fourth-order valence-electron chi connectivity index (χ4n) is 2.84. The first-order valence-corrected chi connectivity index (χ1v) is 9.36. The van der Waals surface area contributed by atoms with Gasteiger partial charge >= 0.3 is 12.4 Å². The van der Waals surface area contributed by atoms with Crippen molar-refractivity contribution in [3.63, 3.8) is 0 Å². The topological polar surface area (TPSA) is 55.5 Å².